The van der Waals surface area contributed by atoms with Gasteiger partial charge in [0.25, 0.3) is 0 Å². The monoisotopic (exact) mass is 170 g/mol. The third-order valence-electron chi connectivity index (χ3n) is 1.01. The van der Waals surface area contributed by atoms with Crippen LogP contribution in [0.5, 0.6) is 0 Å². The van der Waals surface area contributed by atoms with Gasteiger partial charge in [-0.05, 0) is 6.42 Å². The summed E-state index contributed by atoms with van der Waals surface area (Å²) in [7, 11) is -3.67. The molecule has 0 aromatic heterocycles. The second-order valence-corrected chi connectivity index (χ2v) is 2.03. The van der Waals surface area contributed by atoms with Gasteiger partial charge >= 0.3 is 7.54 Å². The van der Waals surface area contributed by atoms with Crippen LogP contribution in [-0.2, 0) is 0 Å². The summed E-state index contributed by atoms with van der Waals surface area (Å²) >= 11 is 0. The van der Waals surface area contributed by atoms with Gasteiger partial charge in [0.2, 0.25) is 0 Å². The second kappa shape index (κ2) is 12.5. The molecule has 0 bridgehead atoms. The molecule has 0 unspecified atom stereocenters. The van der Waals surface area contributed by atoms with Gasteiger partial charge in [-0.15, -0.1) is 0 Å². The summed E-state index contributed by atoms with van der Waals surface area (Å²) in [5.41, 5.74) is 0. The molecule has 0 atom stereocenters. The van der Waals surface area contributed by atoms with Gasteiger partial charge in [-0.2, -0.15) is 0 Å². The number of hydrogen-bond acceptors (Lipinski definition) is 1. The van der Waals surface area contributed by atoms with Crippen molar-refractivity contribution in [1.29, 1.82) is 0 Å². The third kappa shape index (κ3) is 41.2. The van der Waals surface area contributed by atoms with Gasteiger partial charge in [0, 0.05) is 6.61 Å². The lowest BCUT2D eigenvalue weighted by molar-refractivity contribution is 0.283. The maximum absolute atomic E-state index is 9.67. The van der Waals surface area contributed by atoms with Gasteiger partial charge in [0.15, 0.2) is 0 Å². The largest absolute Gasteiger partial charge is 0.762 e. The Morgan fingerprint density at radius 2 is 1.55 bits per heavy atom. The zero-order valence-corrected chi connectivity index (χ0v) is 6.69. The molecule has 0 aliphatic rings. The van der Waals surface area contributed by atoms with E-state index in [0.717, 1.165) is 6.42 Å². The van der Waals surface area contributed by atoms with E-state index in [-0.39, 0.29) is 0 Å². The normalized spacial score (nSPS) is 8.45. The van der Waals surface area contributed by atoms with Crippen molar-refractivity contribution in [1.82, 2.24) is 0 Å². The first-order chi connectivity index (χ1) is 5.15. The summed E-state index contributed by atoms with van der Waals surface area (Å²) in [6.45, 7) is 2.53. The predicted molar refractivity (Wildman–Crippen MR) is 40.3 cm³/mol. The van der Waals surface area contributed by atoms with E-state index in [9.17, 15) is 12.9 Å². The highest BCUT2D eigenvalue weighted by atomic mass is 19.4. The number of aliphatic hydroxyl groups is 1. The van der Waals surface area contributed by atoms with E-state index < -0.39 is 7.54 Å². The number of unbranched alkanes of at least 4 members (excludes halogenated alkanes) is 3. The first kappa shape index (κ1) is 13.4. The molecule has 0 heterocycles. The maximum Gasteiger partial charge on any atom is 0.762 e. The van der Waals surface area contributed by atoms with Crippen LogP contribution in [0.15, 0.2) is 0 Å². The summed E-state index contributed by atoms with van der Waals surface area (Å²) in [6, 6.07) is 0. The number of hydrogen-bond donors (Lipinski definition) is 1. The molecule has 0 saturated carbocycles. The maximum atomic E-state index is 9.67. The van der Waals surface area contributed by atoms with Crippen LogP contribution >= 0.6 is 0 Å². The minimum Gasteiger partial charge on any atom is -0.396 e. The molecule has 0 aromatic rings. The van der Waals surface area contributed by atoms with E-state index in [1.54, 1.807) is 0 Å². The van der Waals surface area contributed by atoms with E-state index in [2.05, 4.69) is 6.92 Å². The SMILES string of the molecule is CCCCCCO.FB(F)F. The molecule has 1 nitrogen and oxygen atoms in total. The van der Waals surface area contributed by atoms with Crippen molar-refractivity contribution in [3.05, 3.63) is 0 Å². The van der Waals surface area contributed by atoms with E-state index in [1.807, 2.05) is 0 Å². The summed E-state index contributed by atoms with van der Waals surface area (Å²) in [6.07, 6.45) is 4.68. The Bertz CT molecular complexity index is 57.0. The van der Waals surface area contributed by atoms with E-state index in [1.165, 1.54) is 19.3 Å². The smallest absolute Gasteiger partial charge is 0.396 e. The summed E-state index contributed by atoms with van der Waals surface area (Å²) < 4.78 is 29.0. The lowest BCUT2D eigenvalue weighted by Gasteiger charge is -1.90. The number of halogens is 3. The Kier molecular flexibility index (Phi) is 15.2. The molecule has 1 N–H and O–H groups in total. The van der Waals surface area contributed by atoms with E-state index in [4.69, 9.17) is 5.11 Å². The van der Waals surface area contributed by atoms with Crippen LogP contribution in [0, 0.1) is 0 Å². The molecular formula is C6H14BF3O. The Morgan fingerprint density at radius 3 is 1.82 bits per heavy atom. The van der Waals surface area contributed by atoms with Gasteiger partial charge in [-0.25, -0.2) is 0 Å². The molecule has 0 fully saturated rings. The molecule has 0 rings (SSSR count). The Labute approximate surface area is 65.8 Å². The first-order valence-electron chi connectivity index (χ1n) is 3.68. The van der Waals surface area contributed by atoms with E-state index >= 15 is 0 Å². The minimum absolute atomic E-state index is 0.361. The summed E-state index contributed by atoms with van der Waals surface area (Å²) in [4.78, 5) is 0. The van der Waals surface area contributed by atoms with Crippen molar-refractivity contribution in [2.75, 3.05) is 6.61 Å². The zero-order valence-electron chi connectivity index (χ0n) is 6.69. The highest BCUT2D eigenvalue weighted by Crippen LogP contribution is 1.96. The van der Waals surface area contributed by atoms with Crippen molar-refractivity contribution < 1.29 is 18.1 Å². The molecule has 11 heavy (non-hydrogen) atoms. The van der Waals surface area contributed by atoms with Crippen molar-refractivity contribution >= 4 is 7.54 Å². The molecule has 68 valence electrons. The van der Waals surface area contributed by atoms with Crippen LogP contribution in [-0.4, -0.2) is 19.3 Å². The second-order valence-electron chi connectivity index (χ2n) is 2.03. The van der Waals surface area contributed by atoms with Gasteiger partial charge < -0.3 is 5.11 Å². The molecule has 5 heteroatoms. The standard InChI is InChI=1S/C6H14O.BF3/c1-2-3-4-5-6-7;2-1(3)4/h7H,2-6H2,1H3;. The fourth-order valence-corrected chi connectivity index (χ4v) is 0.539. The third-order valence-corrected chi connectivity index (χ3v) is 1.01. The molecule has 0 aliphatic heterocycles. The quantitative estimate of drug-likeness (QED) is 0.507. The van der Waals surface area contributed by atoms with Crippen molar-refractivity contribution in [2.45, 2.75) is 32.6 Å². The van der Waals surface area contributed by atoms with Gasteiger partial charge in [0.05, 0.1) is 0 Å². The van der Waals surface area contributed by atoms with Crippen molar-refractivity contribution in [2.24, 2.45) is 0 Å². The highest BCUT2D eigenvalue weighted by Gasteiger charge is 2.06. The van der Waals surface area contributed by atoms with E-state index in [0.29, 0.717) is 6.61 Å². The molecule has 0 saturated heterocycles. The van der Waals surface area contributed by atoms with Crippen LogP contribution in [0.3, 0.4) is 0 Å². The van der Waals surface area contributed by atoms with Crippen LogP contribution in [0.4, 0.5) is 12.9 Å². The Balaban J connectivity index is 0. The highest BCUT2D eigenvalue weighted by molar-refractivity contribution is 6.33. The minimum atomic E-state index is -3.67. The Hall–Kier alpha value is -0.185. The van der Waals surface area contributed by atoms with Crippen LogP contribution in [0.1, 0.15) is 32.6 Å². The molecule has 0 aliphatic carbocycles. The van der Waals surface area contributed by atoms with Crippen LogP contribution in [0.25, 0.3) is 0 Å². The lowest BCUT2D eigenvalue weighted by atomic mass is 10.2. The average Bonchev–Trinajstić information content (AvgIpc) is 1.88. The number of aliphatic hydroxyl groups excluding tert-OH is 1. The van der Waals surface area contributed by atoms with Crippen LogP contribution < -0.4 is 0 Å². The predicted octanol–water partition coefficient (Wildman–Crippen LogP) is 2.44. The zero-order chi connectivity index (χ0) is 9.11. The average molecular weight is 170 g/mol. The number of rotatable bonds is 4. The van der Waals surface area contributed by atoms with Gasteiger partial charge in [0.1, 0.15) is 0 Å². The molecular weight excluding hydrogens is 156 g/mol. The summed E-state index contributed by atoms with van der Waals surface area (Å²) in [5.74, 6) is 0. The van der Waals surface area contributed by atoms with Gasteiger partial charge in [-0.1, -0.05) is 26.2 Å². The molecule has 0 radical (unpaired) electrons. The topological polar surface area (TPSA) is 20.2 Å². The Morgan fingerprint density at radius 1 is 1.09 bits per heavy atom. The first-order valence-corrected chi connectivity index (χ1v) is 3.68. The fraction of sp³-hybridized carbons (Fsp3) is 1.00. The lowest BCUT2D eigenvalue weighted by Crippen LogP contribution is -1.80. The summed E-state index contributed by atoms with van der Waals surface area (Å²) in [5, 5.41) is 8.29. The molecule has 0 amide bonds. The van der Waals surface area contributed by atoms with Crippen molar-refractivity contribution in [3.63, 3.8) is 0 Å². The fourth-order valence-electron chi connectivity index (χ4n) is 0.539. The van der Waals surface area contributed by atoms with Crippen LogP contribution in [0.2, 0.25) is 0 Å². The molecule has 0 spiro atoms. The van der Waals surface area contributed by atoms with Gasteiger partial charge in [-0.3, -0.25) is 12.9 Å². The van der Waals surface area contributed by atoms with Crippen molar-refractivity contribution in [3.8, 4) is 0 Å². The molecule has 0 aromatic carbocycles.